The minimum Gasteiger partial charge on any atom is -0.467 e. The first-order valence-corrected chi connectivity index (χ1v) is 6.01. The van der Waals surface area contributed by atoms with Gasteiger partial charge in [-0.25, -0.2) is 0 Å². The fraction of sp³-hybridized carbons (Fsp3) is 0.182. The van der Waals surface area contributed by atoms with E-state index in [9.17, 15) is 0 Å². The van der Waals surface area contributed by atoms with Gasteiger partial charge in [-0.2, -0.15) is 15.0 Å². The van der Waals surface area contributed by atoms with Crippen molar-refractivity contribution in [1.29, 1.82) is 0 Å². The zero-order valence-corrected chi connectivity index (χ0v) is 11.5. The molecule has 1 aromatic heterocycles. The Balaban J connectivity index is 2.25. The molecule has 0 amide bonds. The number of hydrogen-bond acceptors (Lipinski definition) is 6. The van der Waals surface area contributed by atoms with Crippen LogP contribution in [0.3, 0.4) is 0 Å². The highest BCUT2D eigenvalue weighted by Gasteiger charge is 2.05. The molecule has 0 atom stereocenters. The molecule has 1 aromatic carbocycles. The molecule has 0 aliphatic rings. The quantitative estimate of drug-likeness (QED) is 0.904. The molecule has 0 saturated carbocycles. The molecule has 0 aliphatic carbocycles. The van der Waals surface area contributed by atoms with E-state index in [-0.39, 0.29) is 6.01 Å². The summed E-state index contributed by atoms with van der Waals surface area (Å²) in [5.41, 5.74) is 0.883. The van der Waals surface area contributed by atoms with Gasteiger partial charge in [-0.05, 0) is 24.3 Å². The van der Waals surface area contributed by atoms with Crippen molar-refractivity contribution >= 4 is 33.5 Å². The first-order valence-electron chi connectivity index (χ1n) is 5.21. The molecule has 0 saturated heterocycles. The van der Waals surface area contributed by atoms with Crippen LogP contribution in [0.5, 0.6) is 6.01 Å². The summed E-state index contributed by atoms with van der Waals surface area (Å²) < 4.78 is 6.02. The zero-order chi connectivity index (χ0) is 13.0. The average Bonchev–Trinajstić information content (AvgIpc) is 2.41. The van der Waals surface area contributed by atoms with Crippen LogP contribution in [-0.2, 0) is 0 Å². The summed E-state index contributed by atoms with van der Waals surface area (Å²) in [4.78, 5) is 12.3. The van der Waals surface area contributed by atoms with Gasteiger partial charge in [0.15, 0.2) is 0 Å². The van der Waals surface area contributed by atoms with Gasteiger partial charge >= 0.3 is 6.01 Å². The number of anilines is 3. The fourth-order valence-electron chi connectivity index (χ4n) is 1.28. The Morgan fingerprint density at radius 3 is 2.33 bits per heavy atom. The molecule has 94 valence electrons. The van der Waals surface area contributed by atoms with Crippen LogP contribution in [0.15, 0.2) is 28.7 Å². The average molecular weight is 310 g/mol. The smallest absolute Gasteiger partial charge is 0.322 e. The van der Waals surface area contributed by atoms with Crippen molar-refractivity contribution in [2.45, 2.75) is 0 Å². The van der Waals surface area contributed by atoms with E-state index in [1.165, 1.54) is 7.11 Å². The van der Waals surface area contributed by atoms with Crippen LogP contribution in [0.25, 0.3) is 0 Å². The number of ether oxygens (including phenoxy) is 1. The van der Waals surface area contributed by atoms with E-state index in [2.05, 4.69) is 41.5 Å². The number of aromatic nitrogens is 3. The number of hydrogen-bond donors (Lipinski definition) is 2. The molecule has 0 spiro atoms. The molecule has 7 heteroatoms. The predicted octanol–water partition coefficient (Wildman–Crippen LogP) is 2.43. The van der Waals surface area contributed by atoms with Crippen LogP contribution >= 0.6 is 15.9 Å². The SMILES string of the molecule is CNc1nc(Nc2ccc(Br)cc2)nc(OC)n1. The van der Waals surface area contributed by atoms with E-state index in [1.54, 1.807) is 7.05 Å². The lowest BCUT2D eigenvalue weighted by Crippen LogP contribution is -2.05. The molecule has 0 fully saturated rings. The van der Waals surface area contributed by atoms with Crippen LogP contribution < -0.4 is 15.4 Å². The first-order chi connectivity index (χ1) is 8.71. The number of benzene rings is 1. The second-order valence-electron chi connectivity index (χ2n) is 3.35. The maximum atomic E-state index is 5.00. The minimum atomic E-state index is 0.258. The van der Waals surface area contributed by atoms with E-state index >= 15 is 0 Å². The van der Waals surface area contributed by atoms with Crippen LogP contribution in [0.4, 0.5) is 17.6 Å². The van der Waals surface area contributed by atoms with Crippen molar-refractivity contribution in [3.8, 4) is 6.01 Å². The van der Waals surface area contributed by atoms with Gasteiger partial charge in [-0.1, -0.05) is 15.9 Å². The van der Waals surface area contributed by atoms with Crippen LogP contribution in [0, 0.1) is 0 Å². The normalized spacial score (nSPS) is 9.94. The van der Waals surface area contributed by atoms with Crippen LogP contribution in [0.2, 0.25) is 0 Å². The van der Waals surface area contributed by atoms with Crippen LogP contribution in [-0.4, -0.2) is 29.1 Å². The Morgan fingerprint density at radius 2 is 1.72 bits per heavy atom. The zero-order valence-electron chi connectivity index (χ0n) is 9.94. The number of nitrogens with zero attached hydrogens (tertiary/aromatic N) is 3. The molecule has 6 nitrogen and oxygen atoms in total. The van der Waals surface area contributed by atoms with Gasteiger partial charge in [-0.15, -0.1) is 0 Å². The molecular formula is C11H12BrN5O. The molecule has 2 N–H and O–H groups in total. The Labute approximate surface area is 113 Å². The van der Waals surface area contributed by atoms with Gasteiger partial charge in [0.05, 0.1) is 7.11 Å². The number of methoxy groups -OCH3 is 1. The molecule has 0 unspecified atom stereocenters. The third-order valence-electron chi connectivity index (χ3n) is 2.12. The number of rotatable bonds is 4. The Bertz CT molecular complexity index is 509. The molecule has 18 heavy (non-hydrogen) atoms. The summed E-state index contributed by atoms with van der Waals surface area (Å²) in [6.45, 7) is 0. The Kier molecular flexibility index (Phi) is 3.93. The highest BCUT2D eigenvalue weighted by Crippen LogP contribution is 2.18. The monoisotopic (exact) mass is 309 g/mol. The first kappa shape index (κ1) is 12.6. The number of halogens is 1. The van der Waals surface area contributed by atoms with Crippen molar-refractivity contribution in [1.82, 2.24) is 15.0 Å². The standard InChI is InChI=1S/C11H12BrN5O/c1-13-9-15-10(17-11(16-9)18-2)14-8-5-3-7(12)4-6-8/h3-6H,1-2H3,(H2,13,14,15,16,17). The van der Waals surface area contributed by atoms with E-state index in [1.807, 2.05) is 24.3 Å². The summed E-state index contributed by atoms with van der Waals surface area (Å²) in [5.74, 6) is 0.870. The second kappa shape index (κ2) is 5.63. The Morgan fingerprint density at radius 1 is 1.06 bits per heavy atom. The summed E-state index contributed by atoms with van der Waals surface area (Å²) >= 11 is 3.38. The maximum Gasteiger partial charge on any atom is 0.322 e. The number of nitrogens with one attached hydrogen (secondary N) is 2. The van der Waals surface area contributed by atoms with Gasteiger partial charge in [0, 0.05) is 17.2 Å². The summed E-state index contributed by atoms with van der Waals surface area (Å²) in [5, 5.41) is 5.92. The van der Waals surface area contributed by atoms with Crippen molar-refractivity contribution < 1.29 is 4.74 Å². The molecule has 2 rings (SSSR count). The second-order valence-corrected chi connectivity index (χ2v) is 4.27. The van der Waals surface area contributed by atoms with E-state index in [0.29, 0.717) is 11.9 Å². The summed E-state index contributed by atoms with van der Waals surface area (Å²) in [6.07, 6.45) is 0. The largest absolute Gasteiger partial charge is 0.467 e. The van der Waals surface area contributed by atoms with Crippen LogP contribution in [0.1, 0.15) is 0 Å². The van der Waals surface area contributed by atoms with Gasteiger partial charge in [0.25, 0.3) is 0 Å². The third-order valence-corrected chi connectivity index (χ3v) is 2.65. The van der Waals surface area contributed by atoms with Crippen molar-refractivity contribution in [3.05, 3.63) is 28.7 Å². The molecule has 0 radical (unpaired) electrons. The minimum absolute atomic E-state index is 0.258. The van der Waals surface area contributed by atoms with Gasteiger partial charge in [0.1, 0.15) is 0 Å². The third kappa shape index (κ3) is 3.07. The van der Waals surface area contributed by atoms with Crippen molar-refractivity contribution in [2.75, 3.05) is 24.8 Å². The molecular weight excluding hydrogens is 298 g/mol. The fourth-order valence-corrected chi connectivity index (χ4v) is 1.54. The highest BCUT2D eigenvalue weighted by atomic mass is 79.9. The predicted molar refractivity (Wildman–Crippen MR) is 73.4 cm³/mol. The molecule has 0 aliphatic heterocycles. The van der Waals surface area contributed by atoms with Crippen molar-refractivity contribution in [3.63, 3.8) is 0 Å². The maximum absolute atomic E-state index is 5.00. The van der Waals surface area contributed by atoms with Gasteiger partial charge in [-0.3, -0.25) is 0 Å². The van der Waals surface area contributed by atoms with Gasteiger partial charge < -0.3 is 15.4 Å². The molecule has 2 aromatic rings. The Hall–Kier alpha value is -1.89. The summed E-state index contributed by atoms with van der Waals surface area (Å²) in [7, 11) is 3.25. The van der Waals surface area contributed by atoms with Gasteiger partial charge in [0.2, 0.25) is 11.9 Å². The molecule has 0 bridgehead atoms. The van der Waals surface area contributed by atoms with E-state index in [0.717, 1.165) is 10.2 Å². The van der Waals surface area contributed by atoms with E-state index in [4.69, 9.17) is 4.74 Å². The molecule has 1 heterocycles. The van der Waals surface area contributed by atoms with E-state index < -0.39 is 0 Å². The lowest BCUT2D eigenvalue weighted by Gasteiger charge is -2.07. The lowest BCUT2D eigenvalue weighted by molar-refractivity contribution is 0.379. The van der Waals surface area contributed by atoms with Crippen molar-refractivity contribution in [2.24, 2.45) is 0 Å². The topological polar surface area (TPSA) is 72.0 Å². The highest BCUT2D eigenvalue weighted by molar-refractivity contribution is 9.10. The summed E-state index contributed by atoms with van der Waals surface area (Å²) in [6, 6.07) is 7.95. The lowest BCUT2D eigenvalue weighted by atomic mass is 10.3.